The fourth-order valence-electron chi connectivity index (χ4n) is 3.94. The molecule has 2 aromatic rings. The van der Waals surface area contributed by atoms with Gasteiger partial charge in [-0.3, -0.25) is 14.5 Å². The van der Waals surface area contributed by atoms with Crippen molar-refractivity contribution in [3.05, 3.63) is 58.7 Å². The molecule has 21 heteroatoms. The normalized spacial score (nSPS) is 12.1. The summed E-state index contributed by atoms with van der Waals surface area (Å²) in [6.07, 6.45) is 0. The van der Waals surface area contributed by atoms with Gasteiger partial charge in [0, 0.05) is 33.6 Å². The number of carbonyl (C=O) groups is 2. The van der Waals surface area contributed by atoms with Crippen molar-refractivity contribution in [3.63, 3.8) is 0 Å². The first kappa shape index (κ1) is 39.3. The second-order valence-corrected chi connectivity index (χ2v) is 10.7. The first-order valence-corrected chi connectivity index (χ1v) is 14.6. The molecule has 266 valence electrons. The van der Waals surface area contributed by atoms with Crippen LogP contribution in [0, 0.1) is 0 Å². The number of anilines is 2. The Balaban J connectivity index is 2.28. The molecular weight excluding hydrogens is 646 g/mol. The van der Waals surface area contributed by atoms with Gasteiger partial charge in [-0.25, -0.2) is 0 Å². The number of nitrogens with one attached hydrogen (secondary N) is 2. The second-order valence-electron chi connectivity index (χ2n) is 10.7. The predicted molar refractivity (Wildman–Crippen MR) is 200 cm³/mol. The molecule has 2 rings (SSSR count). The highest BCUT2D eigenvalue weighted by Crippen LogP contribution is 2.19. The highest BCUT2D eigenvalue weighted by molar-refractivity contribution is 6.08. The number of nitrogens with two attached hydrogens (primary N) is 8. The maximum Gasteiger partial charge on any atom is 0.238 e. The third-order valence-electron chi connectivity index (χ3n) is 6.19. The van der Waals surface area contributed by atoms with Gasteiger partial charge in [0.2, 0.25) is 35.7 Å². The molecule has 21 nitrogen and oxygen atoms in total. The molecule has 0 radical (unpaired) electrons. The van der Waals surface area contributed by atoms with E-state index in [1.807, 2.05) is 0 Å². The molecule has 0 aliphatic rings. The first-order valence-electron chi connectivity index (χ1n) is 14.6. The third kappa shape index (κ3) is 13.8. The summed E-state index contributed by atoms with van der Waals surface area (Å²) in [4.78, 5) is 27.7. The van der Waals surface area contributed by atoms with Crippen LogP contribution in [0.5, 0.6) is 0 Å². The van der Waals surface area contributed by atoms with E-state index in [9.17, 15) is 9.59 Å². The monoisotopic (exact) mass is 689 g/mol. The number of benzene rings is 2. The zero-order chi connectivity index (χ0) is 37.5. The topological polar surface area (TPSA) is 368 Å². The summed E-state index contributed by atoms with van der Waals surface area (Å²) in [5.74, 6) is -1.72. The number of nitrogens with zero attached hydrogens (tertiary/aromatic N) is 9. The van der Waals surface area contributed by atoms with Crippen molar-refractivity contribution >= 4 is 69.9 Å². The number of guanidine groups is 4. The molecule has 0 unspecified atom stereocenters. The lowest BCUT2D eigenvalue weighted by molar-refractivity contribution is -0.119. The molecule has 0 atom stereocenters. The molecule has 18 N–H and O–H groups in total. The van der Waals surface area contributed by atoms with E-state index < -0.39 is 11.8 Å². The van der Waals surface area contributed by atoms with E-state index in [0.717, 1.165) is 0 Å². The average Bonchev–Trinajstić information content (AvgIpc) is 3.02. The minimum Gasteiger partial charge on any atom is -0.369 e. The lowest BCUT2D eigenvalue weighted by Crippen LogP contribution is -2.36. The fraction of sp³-hybridized carbons (Fsp3) is 0.241. The zero-order valence-electron chi connectivity index (χ0n) is 28.3. The van der Waals surface area contributed by atoms with Crippen molar-refractivity contribution in [1.82, 2.24) is 4.90 Å². The third-order valence-corrected chi connectivity index (χ3v) is 6.19. The molecule has 0 fully saturated rings. The van der Waals surface area contributed by atoms with Crippen LogP contribution in [-0.2, 0) is 9.59 Å². The molecule has 0 spiro atoms. The number of amides is 2. The van der Waals surface area contributed by atoms with Gasteiger partial charge in [0.15, 0.2) is 0 Å². The van der Waals surface area contributed by atoms with Crippen molar-refractivity contribution in [2.45, 2.75) is 27.7 Å². The molecule has 0 heterocycles. The summed E-state index contributed by atoms with van der Waals surface area (Å²) in [7, 11) is 1.61. The van der Waals surface area contributed by atoms with Gasteiger partial charge < -0.3 is 56.5 Å². The van der Waals surface area contributed by atoms with Crippen LogP contribution in [-0.4, -0.2) is 83.5 Å². The second kappa shape index (κ2) is 18.4. The minimum absolute atomic E-state index is 0.144. The van der Waals surface area contributed by atoms with Crippen LogP contribution in [0.4, 0.5) is 11.4 Å². The van der Waals surface area contributed by atoms with Gasteiger partial charge in [0.1, 0.15) is 0 Å². The van der Waals surface area contributed by atoms with E-state index in [1.54, 1.807) is 71.1 Å². The van der Waals surface area contributed by atoms with Crippen LogP contribution >= 0.6 is 0 Å². The Bertz CT molecular complexity index is 1580. The van der Waals surface area contributed by atoms with Gasteiger partial charge in [-0.1, -0.05) is 0 Å². The number of hydrogen-bond acceptors (Lipinski definition) is 11. The molecule has 0 bridgehead atoms. The number of rotatable bonds is 14. The summed E-state index contributed by atoms with van der Waals surface area (Å²) in [6, 6.07) is 10.2. The Labute approximate surface area is 288 Å². The molecule has 50 heavy (non-hydrogen) atoms. The molecule has 2 amide bonds. The summed E-state index contributed by atoms with van der Waals surface area (Å²) < 4.78 is 0. The van der Waals surface area contributed by atoms with E-state index in [1.165, 1.54) is 4.90 Å². The van der Waals surface area contributed by atoms with Crippen molar-refractivity contribution in [2.75, 3.05) is 30.8 Å². The van der Waals surface area contributed by atoms with Crippen LogP contribution in [0.25, 0.3) is 0 Å². The minimum atomic E-state index is -0.413. The van der Waals surface area contributed by atoms with Crippen molar-refractivity contribution in [1.29, 1.82) is 0 Å². The largest absolute Gasteiger partial charge is 0.369 e. The Morgan fingerprint density at radius 3 is 0.940 bits per heavy atom. The summed E-state index contributed by atoms with van der Waals surface area (Å²) >= 11 is 0. The maximum absolute atomic E-state index is 13.1. The standard InChI is InChI=1S/C29H43N19O2/c1-14(40-44-26(30)31)18-6-19(15(2)41-45-27(32)33)9-22(8-18)38-24(49)12-48(5)13-25(50)39-23-10-20(16(3)42-46-28(34)35)7-21(11-23)17(4)43-47-29(36)37/h6-11H,12-13H2,1-5H3,(H,38,49)(H,39,50)(H4,30,31,44)(H4,32,33,45)(H4,34,35,46)(H4,36,37,47)/b40-14+,41-15+,42-16+,43-17+. The number of carbonyl (C=O) groups excluding carboxylic acids is 2. The smallest absolute Gasteiger partial charge is 0.238 e. The van der Waals surface area contributed by atoms with Crippen LogP contribution in [0.3, 0.4) is 0 Å². The van der Waals surface area contributed by atoms with E-state index in [4.69, 9.17) is 45.9 Å². The molecule has 0 saturated heterocycles. The first-order chi connectivity index (χ1) is 23.4. The highest BCUT2D eigenvalue weighted by Gasteiger charge is 2.15. The lowest BCUT2D eigenvalue weighted by atomic mass is 10.0. The van der Waals surface area contributed by atoms with Gasteiger partial charge >= 0.3 is 0 Å². The van der Waals surface area contributed by atoms with E-state index >= 15 is 0 Å². The lowest BCUT2D eigenvalue weighted by Gasteiger charge is -2.17. The summed E-state index contributed by atoms with van der Waals surface area (Å²) in [6.45, 7) is 6.44. The fourth-order valence-corrected chi connectivity index (χ4v) is 3.94. The molecule has 0 aromatic heterocycles. The van der Waals surface area contributed by atoms with E-state index in [-0.39, 0.29) is 36.9 Å². The average molecular weight is 690 g/mol. The molecule has 0 aliphatic carbocycles. The Morgan fingerprint density at radius 2 is 0.720 bits per heavy atom. The van der Waals surface area contributed by atoms with E-state index in [0.29, 0.717) is 56.5 Å². The van der Waals surface area contributed by atoms with Gasteiger partial charge in [-0.2, -0.15) is 20.4 Å². The quantitative estimate of drug-likeness (QED) is 0.0598. The van der Waals surface area contributed by atoms with Crippen molar-refractivity contribution in [3.8, 4) is 0 Å². The van der Waals surface area contributed by atoms with Gasteiger partial charge in [0.25, 0.3) is 0 Å². The molecular formula is C29H43N19O2. The van der Waals surface area contributed by atoms with Gasteiger partial charge in [-0.15, -0.1) is 20.4 Å². The zero-order valence-corrected chi connectivity index (χ0v) is 28.3. The number of hydrogen-bond donors (Lipinski definition) is 10. The van der Waals surface area contributed by atoms with Crippen LogP contribution in [0.15, 0.2) is 77.2 Å². The molecule has 0 saturated carbocycles. The Hall–Kier alpha value is -6.90. The SMILES string of the molecule is C/C(=N\N=C(N)N)c1cc(NC(=O)CN(C)CC(=O)Nc2cc(/C(C)=N/N=C(N)N)cc(/C(C)=N/N=C(N)N)c2)cc(/C(C)=N/N=C(N)N)c1. The summed E-state index contributed by atoms with van der Waals surface area (Å²) in [5.41, 5.74) is 48.1. The summed E-state index contributed by atoms with van der Waals surface area (Å²) in [5, 5.41) is 36.4. The van der Waals surface area contributed by atoms with Crippen molar-refractivity contribution < 1.29 is 9.59 Å². The van der Waals surface area contributed by atoms with Crippen LogP contribution in [0.1, 0.15) is 49.9 Å². The van der Waals surface area contributed by atoms with Gasteiger partial charge in [0.05, 0.1) is 35.9 Å². The van der Waals surface area contributed by atoms with Crippen LogP contribution in [0.2, 0.25) is 0 Å². The molecule has 0 aliphatic heterocycles. The van der Waals surface area contributed by atoms with Crippen molar-refractivity contribution in [2.24, 2.45) is 86.7 Å². The maximum atomic E-state index is 13.1. The predicted octanol–water partition coefficient (Wildman–Crippen LogP) is -1.81. The Kier molecular flexibility index (Phi) is 14.5. The van der Waals surface area contributed by atoms with Gasteiger partial charge in [-0.05, 0) is 71.1 Å². The molecule has 2 aromatic carbocycles. The Morgan fingerprint density at radius 1 is 0.480 bits per heavy atom. The van der Waals surface area contributed by atoms with Crippen LogP contribution < -0.4 is 56.5 Å². The number of likely N-dealkylation sites (N-methyl/N-ethyl adjacent to an activating group) is 1. The highest BCUT2D eigenvalue weighted by atomic mass is 16.2. The van der Waals surface area contributed by atoms with E-state index in [2.05, 4.69) is 51.4 Å².